The molecule has 1 aromatic carbocycles. The number of nitrogens with one attached hydrogen (secondary N) is 1. The first kappa shape index (κ1) is 12.9. The Balaban J connectivity index is 1.95. The molecule has 1 aromatic rings. The monoisotopic (exact) mass is 249 g/mol. The molecule has 98 valence electrons. The molecule has 0 saturated heterocycles. The number of benzene rings is 1. The van der Waals surface area contributed by atoms with Gasteiger partial charge >= 0.3 is 5.97 Å². The van der Waals surface area contributed by atoms with Gasteiger partial charge in [0.2, 0.25) is 0 Å². The van der Waals surface area contributed by atoms with Crippen molar-refractivity contribution in [2.75, 3.05) is 6.61 Å². The maximum Gasteiger partial charge on any atom is 0.324 e. The van der Waals surface area contributed by atoms with Crippen LogP contribution in [0.15, 0.2) is 18.2 Å². The van der Waals surface area contributed by atoms with Gasteiger partial charge in [-0.25, -0.2) is 0 Å². The van der Waals surface area contributed by atoms with Crippen LogP contribution in [0.1, 0.15) is 24.0 Å². The van der Waals surface area contributed by atoms with Crippen LogP contribution in [-0.2, 0) is 4.79 Å². The molecule has 1 fully saturated rings. The Hall–Kier alpha value is -1.55. The van der Waals surface area contributed by atoms with E-state index in [0.717, 1.165) is 29.7 Å². The first-order valence-electron chi connectivity index (χ1n) is 6.25. The molecule has 1 atom stereocenters. The van der Waals surface area contributed by atoms with E-state index in [0.29, 0.717) is 6.04 Å². The lowest BCUT2D eigenvalue weighted by Gasteiger charge is -2.16. The van der Waals surface area contributed by atoms with Crippen molar-refractivity contribution in [3.63, 3.8) is 0 Å². The summed E-state index contributed by atoms with van der Waals surface area (Å²) >= 11 is 0. The van der Waals surface area contributed by atoms with Crippen molar-refractivity contribution >= 4 is 5.97 Å². The van der Waals surface area contributed by atoms with Gasteiger partial charge in [0, 0.05) is 6.04 Å². The molecule has 0 amide bonds. The van der Waals surface area contributed by atoms with E-state index in [-0.39, 0.29) is 6.61 Å². The lowest BCUT2D eigenvalue weighted by atomic mass is 10.1. The Morgan fingerprint density at radius 3 is 2.83 bits per heavy atom. The van der Waals surface area contributed by atoms with Crippen molar-refractivity contribution in [2.45, 2.75) is 38.8 Å². The van der Waals surface area contributed by atoms with Gasteiger partial charge in [0.1, 0.15) is 18.4 Å². The molecule has 1 saturated carbocycles. The van der Waals surface area contributed by atoms with Gasteiger partial charge in [0.15, 0.2) is 0 Å². The smallest absolute Gasteiger partial charge is 0.324 e. The second-order valence-electron chi connectivity index (χ2n) is 4.91. The molecule has 1 unspecified atom stereocenters. The molecule has 1 aliphatic rings. The summed E-state index contributed by atoms with van der Waals surface area (Å²) in [7, 11) is 0. The largest absolute Gasteiger partial charge is 0.491 e. The third-order valence-corrected chi connectivity index (χ3v) is 3.06. The fourth-order valence-corrected chi connectivity index (χ4v) is 1.76. The van der Waals surface area contributed by atoms with Gasteiger partial charge in [0.05, 0.1) is 0 Å². The highest BCUT2D eigenvalue weighted by molar-refractivity contribution is 5.73. The van der Waals surface area contributed by atoms with Crippen LogP contribution in [0, 0.1) is 13.8 Å². The summed E-state index contributed by atoms with van der Waals surface area (Å²) in [4.78, 5) is 11.1. The van der Waals surface area contributed by atoms with Crippen LogP contribution in [0.3, 0.4) is 0 Å². The fourth-order valence-electron chi connectivity index (χ4n) is 1.76. The molecule has 4 nitrogen and oxygen atoms in total. The second-order valence-corrected chi connectivity index (χ2v) is 4.91. The number of carboxylic acids is 1. The van der Waals surface area contributed by atoms with Crippen molar-refractivity contribution in [3.05, 3.63) is 29.3 Å². The Labute approximate surface area is 107 Å². The standard InChI is InChI=1S/C14H19NO3/c1-9-3-4-10(2)13(7-9)18-8-12(14(16)17)15-11-5-6-11/h3-4,7,11-12,15H,5-6,8H2,1-2H3,(H,16,17). The van der Waals surface area contributed by atoms with Crippen LogP contribution in [0.4, 0.5) is 0 Å². The van der Waals surface area contributed by atoms with E-state index in [2.05, 4.69) is 5.32 Å². The lowest BCUT2D eigenvalue weighted by molar-refractivity contribution is -0.140. The topological polar surface area (TPSA) is 58.6 Å². The minimum absolute atomic E-state index is 0.163. The van der Waals surface area contributed by atoms with E-state index < -0.39 is 12.0 Å². The third kappa shape index (κ3) is 3.47. The zero-order valence-corrected chi connectivity index (χ0v) is 10.8. The van der Waals surface area contributed by atoms with Gasteiger partial charge < -0.3 is 9.84 Å². The number of rotatable bonds is 6. The zero-order valence-electron chi connectivity index (χ0n) is 10.8. The molecule has 0 radical (unpaired) electrons. The summed E-state index contributed by atoms with van der Waals surface area (Å²) in [6, 6.07) is 5.66. The lowest BCUT2D eigenvalue weighted by Crippen LogP contribution is -2.42. The number of hydrogen-bond donors (Lipinski definition) is 2. The number of carboxylic acid groups (broad SMARTS) is 1. The molecule has 2 rings (SSSR count). The first-order valence-corrected chi connectivity index (χ1v) is 6.25. The van der Waals surface area contributed by atoms with Gasteiger partial charge in [0.25, 0.3) is 0 Å². The van der Waals surface area contributed by atoms with Crippen molar-refractivity contribution in [1.29, 1.82) is 0 Å². The molecular formula is C14H19NO3. The van der Waals surface area contributed by atoms with Gasteiger partial charge in [-0.15, -0.1) is 0 Å². The Morgan fingerprint density at radius 1 is 1.50 bits per heavy atom. The van der Waals surface area contributed by atoms with Gasteiger partial charge in [-0.05, 0) is 43.9 Å². The van der Waals surface area contributed by atoms with Crippen LogP contribution < -0.4 is 10.1 Å². The average Bonchev–Trinajstić information content (AvgIpc) is 3.12. The SMILES string of the molecule is Cc1ccc(C)c(OCC(NC2CC2)C(=O)O)c1. The number of carbonyl (C=O) groups is 1. The van der Waals surface area contributed by atoms with Gasteiger partial charge in [-0.2, -0.15) is 0 Å². The maximum atomic E-state index is 11.1. The first-order chi connectivity index (χ1) is 8.56. The van der Waals surface area contributed by atoms with E-state index in [1.54, 1.807) is 0 Å². The molecule has 0 aromatic heterocycles. The van der Waals surface area contributed by atoms with E-state index >= 15 is 0 Å². The molecule has 2 N–H and O–H groups in total. The Kier molecular flexibility index (Phi) is 3.87. The second kappa shape index (κ2) is 5.40. The summed E-state index contributed by atoms with van der Waals surface area (Å²) in [6.07, 6.45) is 2.13. The van der Waals surface area contributed by atoms with Crippen LogP contribution in [-0.4, -0.2) is 29.8 Å². The number of aliphatic carboxylic acids is 1. The molecular weight excluding hydrogens is 230 g/mol. The summed E-state index contributed by atoms with van der Waals surface area (Å²) in [5, 5.41) is 12.2. The summed E-state index contributed by atoms with van der Waals surface area (Å²) in [6.45, 7) is 4.11. The number of aryl methyl sites for hydroxylation is 2. The molecule has 1 aliphatic carbocycles. The Bertz CT molecular complexity index is 441. The highest BCUT2D eigenvalue weighted by Crippen LogP contribution is 2.21. The summed E-state index contributed by atoms with van der Waals surface area (Å²) < 4.78 is 5.63. The van der Waals surface area contributed by atoms with Crippen LogP contribution in [0.5, 0.6) is 5.75 Å². The van der Waals surface area contributed by atoms with Crippen molar-refractivity contribution in [2.24, 2.45) is 0 Å². The van der Waals surface area contributed by atoms with E-state index in [1.165, 1.54) is 0 Å². The minimum atomic E-state index is -0.854. The summed E-state index contributed by atoms with van der Waals surface area (Å²) in [5.41, 5.74) is 2.13. The van der Waals surface area contributed by atoms with Crippen LogP contribution >= 0.6 is 0 Å². The van der Waals surface area contributed by atoms with Crippen molar-refractivity contribution < 1.29 is 14.6 Å². The quantitative estimate of drug-likeness (QED) is 0.808. The number of hydrogen-bond acceptors (Lipinski definition) is 3. The predicted molar refractivity (Wildman–Crippen MR) is 69.0 cm³/mol. The molecule has 0 bridgehead atoms. The maximum absolute atomic E-state index is 11.1. The highest BCUT2D eigenvalue weighted by Gasteiger charge is 2.28. The average molecular weight is 249 g/mol. The van der Waals surface area contributed by atoms with Crippen LogP contribution in [0.25, 0.3) is 0 Å². The third-order valence-electron chi connectivity index (χ3n) is 3.06. The number of ether oxygens (including phenoxy) is 1. The van der Waals surface area contributed by atoms with E-state index in [1.807, 2.05) is 32.0 Å². The van der Waals surface area contributed by atoms with Crippen molar-refractivity contribution in [1.82, 2.24) is 5.32 Å². The predicted octanol–water partition coefficient (Wildman–Crippen LogP) is 1.89. The van der Waals surface area contributed by atoms with Gasteiger partial charge in [-0.3, -0.25) is 10.1 Å². The fraction of sp³-hybridized carbons (Fsp3) is 0.500. The molecule has 0 heterocycles. The van der Waals surface area contributed by atoms with Crippen molar-refractivity contribution in [3.8, 4) is 5.75 Å². The van der Waals surface area contributed by atoms with E-state index in [4.69, 9.17) is 9.84 Å². The van der Waals surface area contributed by atoms with E-state index in [9.17, 15) is 4.79 Å². The van der Waals surface area contributed by atoms with Gasteiger partial charge in [-0.1, -0.05) is 12.1 Å². The van der Waals surface area contributed by atoms with Crippen LogP contribution in [0.2, 0.25) is 0 Å². The zero-order chi connectivity index (χ0) is 13.1. The minimum Gasteiger partial charge on any atom is -0.491 e. The molecule has 4 heteroatoms. The summed E-state index contributed by atoms with van der Waals surface area (Å²) in [5.74, 6) is -0.0916. The normalized spacial score (nSPS) is 16.3. The molecule has 0 aliphatic heterocycles. The molecule has 0 spiro atoms. The Morgan fingerprint density at radius 2 is 2.22 bits per heavy atom. The molecule has 18 heavy (non-hydrogen) atoms. The highest BCUT2D eigenvalue weighted by atomic mass is 16.5.